The second kappa shape index (κ2) is 3.08. The van der Waals surface area contributed by atoms with Gasteiger partial charge in [0.25, 0.3) is 0 Å². The first-order chi connectivity index (χ1) is 5.90. The molecular weight excluding hydrogens is 191 g/mol. The molecule has 0 amide bonds. The quantitative estimate of drug-likeness (QED) is 0.776. The molecule has 0 aliphatic rings. The van der Waals surface area contributed by atoms with Gasteiger partial charge in [0, 0.05) is 0 Å². The topological polar surface area (TPSA) is 63.3 Å². The number of nitrogens with zero attached hydrogens (tertiary/aromatic N) is 1. The number of oxazole rings is 1. The van der Waals surface area contributed by atoms with Gasteiger partial charge < -0.3 is 9.52 Å². The Hall–Kier alpha value is -1.53. The summed E-state index contributed by atoms with van der Waals surface area (Å²) in [6.45, 7) is 0. The Bertz CT molecular complexity index is 317. The molecule has 0 radical (unpaired) electrons. The lowest BCUT2D eigenvalue weighted by atomic mass is 10.2. The SMILES string of the molecule is O=C(O)c1ncoc1CC(F)(F)F. The maximum atomic E-state index is 11.8. The zero-order valence-corrected chi connectivity index (χ0v) is 6.13. The van der Waals surface area contributed by atoms with Gasteiger partial charge in [-0.1, -0.05) is 0 Å². The van der Waals surface area contributed by atoms with Crippen LogP contribution in [0.3, 0.4) is 0 Å². The summed E-state index contributed by atoms with van der Waals surface area (Å²) in [7, 11) is 0. The van der Waals surface area contributed by atoms with E-state index in [1.54, 1.807) is 0 Å². The van der Waals surface area contributed by atoms with Crippen LogP contribution in [0.2, 0.25) is 0 Å². The van der Waals surface area contributed by atoms with E-state index in [1.165, 1.54) is 0 Å². The first-order valence-electron chi connectivity index (χ1n) is 3.12. The third-order valence-electron chi connectivity index (χ3n) is 1.20. The standard InChI is InChI=1S/C6H4F3NO3/c7-6(8,9)1-3-4(5(11)12)10-2-13-3/h2H,1H2,(H,11,12). The molecule has 0 saturated carbocycles. The van der Waals surface area contributed by atoms with E-state index in [9.17, 15) is 18.0 Å². The molecular formula is C6H4F3NO3. The van der Waals surface area contributed by atoms with Gasteiger partial charge in [0.05, 0.1) is 0 Å². The summed E-state index contributed by atoms with van der Waals surface area (Å²) in [6.07, 6.45) is -5.25. The minimum atomic E-state index is -4.50. The molecule has 0 unspecified atom stereocenters. The third kappa shape index (κ3) is 2.46. The van der Waals surface area contributed by atoms with Crippen LogP contribution in [0.15, 0.2) is 10.8 Å². The van der Waals surface area contributed by atoms with Gasteiger partial charge in [-0.3, -0.25) is 0 Å². The number of carboxylic acid groups (broad SMARTS) is 1. The fourth-order valence-electron chi connectivity index (χ4n) is 0.752. The largest absolute Gasteiger partial charge is 0.476 e. The van der Waals surface area contributed by atoms with Crippen LogP contribution in [-0.4, -0.2) is 22.2 Å². The monoisotopic (exact) mass is 195 g/mol. The van der Waals surface area contributed by atoms with E-state index in [1.807, 2.05) is 0 Å². The Labute approximate surface area is 70.0 Å². The molecule has 0 spiro atoms. The minimum absolute atomic E-state index is 0.671. The van der Waals surface area contributed by atoms with Crippen LogP contribution in [0.25, 0.3) is 0 Å². The number of hydrogen-bond donors (Lipinski definition) is 1. The van der Waals surface area contributed by atoms with Gasteiger partial charge >= 0.3 is 12.1 Å². The molecule has 1 heterocycles. The van der Waals surface area contributed by atoms with Crippen molar-refractivity contribution < 1.29 is 27.5 Å². The molecule has 0 aliphatic carbocycles. The summed E-state index contributed by atoms with van der Waals surface area (Å²) in [5, 5.41) is 8.36. The number of hydrogen-bond acceptors (Lipinski definition) is 3. The van der Waals surface area contributed by atoms with E-state index in [0.717, 1.165) is 0 Å². The van der Waals surface area contributed by atoms with E-state index in [4.69, 9.17) is 5.11 Å². The van der Waals surface area contributed by atoms with E-state index < -0.39 is 30.0 Å². The lowest BCUT2D eigenvalue weighted by Crippen LogP contribution is -2.13. The smallest absolute Gasteiger partial charge is 0.396 e. The van der Waals surface area contributed by atoms with Gasteiger partial charge in [0.1, 0.15) is 12.2 Å². The molecule has 4 nitrogen and oxygen atoms in total. The van der Waals surface area contributed by atoms with Crippen molar-refractivity contribution in [2.75, 3.05) is 0 Å². The van der Waals surface area contributed by atoms with Gasteiger partial charge in [-0.05, 0) is 0 Å². The van der Waals surface area contributed by atoms with E-state index in [0.29, 0.717) is 6.39 Å². The van der Waals surface area contributed by atoms with Gasteiger partial charge in [0.2, 0.25) is 0 Å². The highest BCUT2D eigenvalue weighted by molar-refractivity contribution is 5.86. The summed E-state index contributed by atoms with van der Waals surface area (Å²) in [5.74, 6) is -2.21. The molecule has 72 valence electrons. The minimum Gasteiger partial charge on any atom is -0.476 e. The average Bonchev–Trinajstić information content (AvgIpc) is 2.31. The van der Waals surface area contributed by atoms with Gasteiger partial charge in [-0.25, -0.2) is 9.78 Å². The van der Waals surface area contributed by atoms with Crippen molar-refractivity contribution in [3.8, 4) is 0 Å². The number of alkyl halides is 3. The van der Waals surface area contributed by atoms with Gasteiger partial charge in [0.15, 0.2) is 12.1 Å². The molecule has 0 aliphatic heterocycles. The number of aromatic carboxylic acids is 1. The van der Waals surface area contributed by atoms with Crippen molar-refractivity contribution in [2.45, 2.75) is 12.6 Å². The molecule has 1 aromatic heterocycles. The maximum absolute atomic E-state index is 11.8. The number of aromatic nitrogens is 1. The van der Waals surface area contributed by atoms with Crippen LogP contribution in [-0.2, 0) is 6.42 Å². The first kappa shape index (κ1) is 9.56. The molecule has 0 aromatic carbocycles. The van der Waals surface area contributed by atoms with Crippen LogP contribution in [0.1, 0.15) is 16.2 Å². The zero-order chi connectivity index (χ0) is 10.1. The Kier molecular flexibility index (Phi) is 2.26. The van der Waals surface area contributed by atoms with Crippen LogP contribution in [0, 0.1) is 0 Å². The predicted octanol–water partition coefficient (Wildman–Crippen LogP) is 1.48. The Morgan fingerprint density at radius 2 is 2.23 bits per heavy atom. The van der Waals surface area contributed by atoms with Gasteiger partial charge in [-0.2, -0.15) is 13.2 Å². The second-order valence-corrected chi connectivity index (χ2v) is 2.22. The molecule has 1 rings (SSSR count). The summed E-state index contributed by atoms with van der Waals surface area (Å²) < 4.78 is 39.6. The molecule has 0 atom stereocenters. The number of rotatable bonds is 2. The molecule has 7 heteroatoms. The van der Waals surface area contributed by atoms with Gasteiger partial charge in [-0.15, -0.1) is 0 Å². The van der Waals surface area contributed by atoms with Crippen molar-refractivity contribution in [1.29, 1.82) is 0 Å². The Morgan fingerprint density at radius 3 is 2.69 bits per heavy atom. The molecule has 1 aromatic rings. The van der Waals surface area contributed by atoms with Crippen molar-refractivity contribution in [3.05, 3.63) is 17.8 Å². The fourth-order valence-corrected chi connectivity index (χ4v) is 0.752. The van der Waals surface area contributed by atoms with Crippen molar-refractivity contribution in [2.24, 2.45) is 0 Å². The number of carbonyl (C=O) groups is 1. The summed E-state index contributed by atoms with van der Waals surface area (Å²) >= 11 is 0. The fraction of sp³-hybridized carbons (Fsp3) is 0.333. The molecule has 0 fully saturated rings. The van der Waals surface area contributed by atoms with Crippen LogP contribution < -0.4 is 0 Å². The highest BCUT2D eigenvalue weighted by Gasteiger charge is 2.32. The normalized spacial score (nSPS) is 11.6. The third-order valence-corrected chi connectivity index (χ3v) is 1.20. The molecule has 13 heavy (non-hydrogen) atoms. The predicted molar refractivity (Wildman–Crippen MR) is 33.2 cm³/mol. The van der Waals surface area contributed by atoms with Crippen molar-refractivity contribution >= 4 is 5.97 Å². The Balaban J connectivity index is 2.89. The van der Waals surface area contributed by atoms with Crippen molar-refractivity contribution in [1.82, 2.24) is 4.98 Å². The molecule has 1 N–H and O–H groups in total. The van der Waals surface area contributed by atoms with Crippen LogP contribution >= 0.6 is 0 Å². The molecule has 0 bridgehead atoms. The highest BCUT2D eigenvalue weighted by Crippen LogP contribution is 2.22. The van der Waals surface area contributed by atoms with E-state index >= 15 is 0 Å². The lowest BCUT2D eigenvalue weighted by Gasteiger charge is -2.02. The summed E-state index contributed by atoms with van der Waals surface area (Å²) in [5.41, 5.74) is -0.697. The number of halogens is 3. The van der Waals surface area contributed by atoms with E-state index in [2.05, 4.69) is 9.40 Å². The average molecular weight is 195 g/mol. The zero-order valence-electron chi connectivity index (χ0n) is 6.13. The van der Waals surface area contributed by atoms with Crippen LogP contribution in [0.5, 0.6) is 0 Å². The highest BCUT2D eigenvalue weighted by atomic mass is 19.4. The van der Waals surface area contributed by atoms with E-state index in [-0.39, 0.29) is 0 Å². The Morgan fingerprint density at radius 1 is 1.62 bits per heavy atom. The summed E-state index contributed by atoms with van der Waals surface area (Å²) in [6, 6.07) is 0. The van der Waals surface area contributed by atoms with Crippen molar-refractivity contribution in [3.63, 3.8) is 0 Å². The second-order valence-electron chi connectivity index (χ2n) is 2.22. The number of carboxylic acids is 1. The first-order valence-corrected chi connectivity index (χ1v) is 3.12. The molecule has 0 saturated heterocycles. The maximum Gasteiger partial charge on any atom is 0.396 e. The summed E-state index contributed by atoms with van der Waals surface area (Å²) in [4.78, 5) is 13.4. The van der Waals surface area contributed by atoms with Crippen LogP contribution in [0.4, 0.5) is 13.2 Å². The lowest BCUT2D eigenvalue weighted by molar-refractivity contribution is -0.130.